The number of carbonyl (C=O) groups is 1. The Bertz CT molecular complexity index is 1020. The van der Waals surface area contributed by atoms with Gasteiger partial charge in [0.05, 0.1) is 5.69 Å². The van der Waals surface area contributed by atoms with Gasteiger partial charge in [-0.1, -0.05) is 55.8 Å². The highest BCUT2D eigenvalue weighted by atomic mass is 16.2. The van der Waals surface area contributed by atoms with Crippen LogP contribution in [0.3, 0.4) is 0 Å². The van der Waals surface area contributed by atoms with E-state index in [1.165, 1.54) is 10.7 Å². The molecule has 0 aliphatic heterocycles. The molecule has 0 bridgehead atoms. The Hall–Kier alpha value is -3.21. The van der Waals surface area contributed by atoms with Crippen molar-refractivity contribution in [2.45, 2.75) is 39.7 Å². The number of nitrogens with one attached hydrogen (secondary N) is 1. The largest absolute Gasteiger partial charge is 0.324 e. The van der Waals surface area contributed by atoms with Gasteiger partial charge in [-0.05, 0) is 43.5 Å². The van der Waals surface area contributed by atoms with Gasteiger partial charge in [-0.25, -0.2) is 4.68 Å². The Morgan fingerprint density at radius 3 is 2.50 bits per heavy atom. The van der Waals surface area contributed by atoms with Gasteiger partial charge < -0.3 is 5.32 Å². The minimum Gasteiger partial charge on any atom is -0.324 e. The monoisotopic (exact) mass is 375 g/mol. The highest BCUT2D eigenvalue weighted by Crippen LogP contribution is 2.19. The molecule has 0 saturated carbocycles. The number of aryl methyl sites for hydroxylation is 2. The van der Waals surface area contributed by atoms with Crippen molar-refractivity contribution in [3.63, 3.8) is 0 Å². The summed E-state index contributed by atoms with van der Waals surface area (Å²) >= 11 is 0. The Kier molecular flexibility index (Phi) is 6.04. The maximum Gasteiger partial charge on any atom is 0.267 e. The Balaban J connectivity index is 1.90. The number of carbonyl (C=O) groups excluding carboxylic acids is 1. The van der Waals surface area contributed by atoms with Crippen LogP contribution in [-0.2, 0) is 11.2 Å². The zero-order valence-electron chi connectivity index (χ0n) is 16.5. The summed E-state index contributed by atoms with van der Waals surface area (Å²) in [6, 6.07) is 18.1. The molecule has 0 radical (unpaired) electrons. The molecular weight excluding hydrogens is 350 g/mol. The highest BCUT2D eigenvalue weighted by molar-refractivity contribution is 5.93. The molecule has 144 valence electrons. The van der Waals surface area contributed by atoms with Gasteiger partial charge in [-0.2, -0.15) is 5.10 Å². The number of hydrogen-bond acceptors (Lipinski definition) is 3. The zero-order chi connectivity index (χ0) is 20.1. The maximum atomic E-state index is 12.9. The minimum absolute atomic E-state index is 0.244. The fraction of sp³-hybridized carbons (Fsp3) is 0.261. The second-order valence-corrected chi connectivity index (χ2v) is 6.83. The maximum absolute atomic E-state index is 12.9. The Morgan fingerprint density at radius 1 is 1.07 bits per heavy atom. The predicted octanol–water partition coefficient (Wildman–Crippen LogP) is 4.37. The molecule has 1 atom stereocenters. The first-order valence-corrected chi connectivity index (χ1v) is 9.58. The summed E-state index contributed by atoms with van der Waals surface area (Å²) in [6.45, 7) is 5.96. The molecule has 2 aromatic carbocycles. The molecule has 1 heterocycles. The molecule has 28 heavy (non-hydrogen) atoms. The second kappa shape index (κ2) is 8.65. The summed E-state index contributed by atoms with van der Waals surface area (Å²) in [6.07, 6.45) is 1.35. The normalized spacial score (nSPS) is 11.8. The number of hydrogen-bond donors (Lipinski definition) is 1. The first-order valence-electron chi connectivity index (χ1n) is 9.58. The number of aromatic nitrogens is 2. The van der Waals surface area contributed by atoms with Crippen LogP contribution in [0.25, 0.3) is 11.3 Å². The van der Waals surface area contributed by atoms with Gasteiger partial charge in [-0.15, -0.1) is 0 Å². The molecule has 0 unspecified atom stereocenters. The molecule has 5 nitrogen and oxygen atoms in total. The van der Waals surface area contributed by atoms with Gasteiger partial charge in [0.2, 0.25) is 5.91 Å². The average molecular weight is 375 g/mol. The van der Waals surface area contributed by atoms with Crippen LogP contribution < -0.4 is 10.9 Å². The van der Waals surface area contributed by atoms with Gasteiger partial charge in [0.25, 0.3) is 5.56 Å². The number of nitrogens with zero attached hydrogens (tertiary/aromatic N) is 2. The van der Waals surface area contributed by atoms with Gasteiger partial charge in [0.1, 0.15) is 6.04 Å². The van der Waals surface area contributed by atoms with E-state index in [-0.39, 0.29) is 11.5 Å². The van der Waals surface area contributed by atoms with Crippen LogP contribution in [-0.4, -0.2) is 15.7 Å². The Morgan fingerprint density at radius 2 is 1.82 bits per heavy atom. The summed E-state index contributed by atoms with van der Waals surface area (Å²) in [7, 11) is 0. The van der Waals surface area contributed by atoms with Crippen LogP contribution in [0.4, 0.5) is 5.69 Å². The van der Waals surface area contributed by atoms with Crippen LogP contribution in [0.5, 0.6) is 0 Å². The number of rotatable bonds is 6. The van der Waals surface area contributed by atoms with Crippen molar-refractivity contribution in [3.8, 4) is 11.3 Å². The van der Waals surface area contributed by atoms with E-state index in [0.29, 0.717) is 12.1 Å². The summed E-state index contributed by atoms with van der Waals surface area (Å²) in [5, 5.41) is 7.40. The smallest absolute Gasteiger partial charge is 0.267 e. The van der Waals surface area contributed by atoms with E-state index in [1.807, 2.05) is 62.4 Å². The summed E-state index contributed by atoms with van der Waals surface area (Å²) in [4.78, 5) is 25.3. The SMILES string of the molecule is CCc1cccc(NC(=O)[C@@H](CC)n2nc(-c3ccc(C)cc3)ccc2=O)c1. The lowest BCUT2D eigenvalue weighted by molar-refractivity contribution is -0.119. The van der Waals surface area contributed by atoms with E-state index < -0.39 is 6.04 Å². The van der Waals surface area contributed by atoms with Crippen molar-refractivity contribution in [2.75, 3.05) is 5.32 Å². The van der Waals surface area contributed by atoms with Crippen LogP contribution in [0.2, 0.25) is 0 Å². The highest BCUT2D eigenvalue weighted by Gasteiger charge is 2.21. The summed E-state index contributed by atoms with van der Waals surface area (Å²) < 4.78 is 1.29. The van der Waals surface area contributed by atoms with Crippen molar-refractivity contribution in [1.29, 1.82) is 0 Å². The Labute approximate surface area is 165 Å². The fourth-order valence-corrected chi connectivity index (χ4v) is 3.09. The van der Waals surface area contributed by atoms with Crippen LogP contribution in [0, 0.1) is 6.92 Å². The van der Waals surface area contributed by atoms with Crippen LogP contribution in [0.1, 0.15) is 37.4 Å². The average Bonchev–Trinajstić information content (AvgIpc) is 2.70. The van der Waals surface area contributed by atoms with E-state index in [1.54, 1.807) is 6.07 Å². The molecule has 0 aliphatic rings. The fourth-order valence-electron chi connectivity index (χ4n) is 3.09. The van der Waals surface area contributed by atoms with Gasteiger partial charge in [-0.3, -0.25) is 9.59 Å². The van der Waals surface area contributed by atoms with E-state index in [0.717, 1.165) is 28.8 Å². The quantitative estimate of drug-likeness (QED) is 0.696. The molecule has 5 heteroatoms. The van der Waals surface area contributed by atoms with Crippen molar-refractivity contribution >= 4 is 11.6 Å². The molecule has 0 fully saturated rings. The minimum atomic E-state index is -0.678. The van der Waals surface area contributed by atoms with Gasteiger partial charge >= 0.3 is 0 Å². The lowest BCUT2D eigenvalue weighted by Gasteiger charge is -2.18. The van der Waals surface area contributed by atoms with E-state index in [2.05, 4.69) is 17.3 Å². The van der Waals surface area contributed by atoms with Crippen molar-refractivity contribution in [2.24, 2.45) is 0 Å². The van der Waals surface area contributed by atoms with E-state index >= 15 is 0 Å². The molecule has 1 aromatic heterocycles. The molecule has 0 saturated heterocycles. The van der Waals surface area contributed by atoms with Crippen molar-refractivity contribution < 1.29 is 4.79 Å². The van der Waals surface area contributed by atoms with E-state index in [4.69, 9.17) is 0 Å². The zero-order valence-corrected chi connectivity index (χ0v) is 16.5. The molecule has 1 amide bonds. The van der Waals surface area contributed by atoms with Gasteiger partial charge in [0.15, 0.2) is 0 Å². The topological polar surface area (TPSA) is 64.0 Å². The third-order valence-corrected chi connectivity index (χ3v) is 4.76. The lowest BCUT2D eigenvalue weighted by Crippen LogP contribution is -2.34. The number of anilines is 1. The molecule has 1 N–H and O–H groups in total. The predicted molar refractivity (Wildman–Crippen MR) is 112 cm³/mol. The van der Waals surface area contributed by atoms with Crippen LogP contribution >= 0.6 is 0 Å². The van der Waals surface area contributed by atoms with Crippen molar-refractivity contribution in [1.82, 2.24) is 9.78 Å². The summed E-state index contributed by atoms with van der Waals surface area (Å²) in [5.74, 6) is -0.244. The molecule has 3 rings (SSSR count). The third-order valence-electron chi connectivity index (χ3n) is 4.76. The lowest BCUT2D eigenvalue weighted by atomic mass is 10.1. The molecule has 0 aliphatic carbocycles. The molecular formula is C23H25N3O2. The summed E-state index contributed by atoms with van der Waals surface area (Å²) in [5.41, 5.74) is 4.30. The second-order valence-electron chi connectivity index (χ2n) is 6.83. The number of benzene rings is 2. The number of amides is 1. The first-order chi connectivity index (χ1) is 13.5. The van der Waals surface area contributed by atoms with Crippen LogP contribution in [0.15, 0.2) is 65.5 Å². The third kappa shape index (κ3) is 4.36. The van der Waals surface area contributed by atoms with E-state index in [9.17, 15) is 9.59 Å². The van der Waals surface area contributed by atoms with Crippen molar-refractivity contribution in [3.05, 3.63) is 82.1 Å². The molecule has 3 aromatic rings. The van der Waals surface area contributed by atoms with Gasteiger partial charge in [0, 0.05) is 17.3 Å². The first kappa shape index (κ1) is 19.5. The standard InChI is InChI=1S/C23H25N3O2/c1-4-17-7-6-8-19(15-17)24-23(28)21(5-2)26-22(27)14-13-20(25-26)18-11-9-16(3)10-12-18/h6-15,21H,4-5H2,1-3H3,(H,24,28)/t21-/m1/s1. The molecule has 0 spiro atoms.